The van der Waals surface area contributed by atoms with Gasteiger partial charge in [-0.2, -0.15) is 0 Å². The molecule has 1 heterocycles. The van der Waals surface area contributed by atoms with Crippen LogP contribution in [0, 0.1) is 17.3 Å². The van der Waals surface area contributed by atoms with Crippen molar-refractivity contribution in [2.24, 2.45) is 17.3 Å². The van der Waals surface area contributed by atoms with Crippen LogP contribution in [0.4, 0.5) is 0 Å². The fourth-order valence-electron chi connectivity index (χ4n) is 6.36. The van der Waals surface area contributed by atoms with E-state index < -0.39 is 6.10 Å². The van der Waals surface area contributed by atoms with E-state index in [-0.39, 0.29) is 0 Å². The predicted molar refractivity (Wildman–Crippen MR) is 127 cm³/mol. The third-order valence-electron chi connectivity index (χ3n) is 8.14. The largest absolute Gasteiger partial charge is 0.389 e. The second-order valence-electron chi connectivity index (χ2n) is 10.1. The smallest absolute Gasteiger partial charge is 0.0755 e. The average molecular weight is 416 g/mol. The molecular formula is C27H45NO2. The van der Waals surface area contributed by atoms with Crippen molar-refractivity contribution in [2.75, 3.05) is 32.8 Å². The van der Waals surface area contributed by atoms with Gasteiger partial charge in [-0.1, -0.05) is 49.6 Å². The summed E-state index contributed by atoms with van der Waals surface area (Å²) in [7, 11) is 0. The standard InChI is InChI=1S/C27H45NO2/c1-4-8-22(21-25(29)5-2)11-12-23-9-6-15-27(3)24(13-14-26(23)27)10-7-16-28-17-19-30-20-18-28/h5,11-12,24-26,29H,2,4,6-10,13-21H2,1,3H3/b22-11-,23-12+/t24-,25?,26?,27?/m0/s1. The third-order valence-corrected chi connectivity index (χ3v) is 8.14. The summed E-state index contributed by atoms with van der Waals surface area (Å²) in [5.74, 6) is 1.65. The summed E-state index contributed by atoms with van der Waals surface area (Å²) in [5, 5.41) is 10.0. The van der Waals surface area contributed by atoms with E-state index in [0.29, 0.717) is 5.41 Å². The molecule has 30 heavy (non-hydrogen) atoms. The first kappa shape index (κ1) is 23.8. The molecule has 0 spiro atoms. The van der Waals surface area contributed by atoms with Crippen molar-refractivity contribution < 1.29 is 9.84 Å². The van der Waals surface area contributed by atoms with Gasteiger partial charge < -0.3 is 9.84 Å². The fraction of sp³-hybridized carbons (Fsp3) is 0.778. The van der Waals surface area contributed by atoms with Gasteiger partial charge in [0.2, 0.25) is 0 Å². The maximum Gasteiger partial charge on any atom is 0.0755 e. The highest BCUT2D eigenvalue weighted by atomic mass is 16.5. The van der Waals surface area contributed by atoms with Crippen molar-refractivity contribution >= 4 is 0 Å². The van der Waals surface area contributed by atoms with E-state index in [2.05, 4.69) is 37.5 Å². The molecular weight excluding hydrogens is 370 g/mol. The first-order valence-electron chi connectivity index (χ1n) is 12.6. The fourth-order valence-corrected chi connectivity index (χ4v) is 6.36. The lowest BCUT2D eigenvalue weighted by atomic mass is 9.62. The SMILES string of the molecule is C=CC(O)C/C(=C\C=C1/CCCC2(C)C1CC[C@@H]2CCCN1CCOCC1)CCC. The van der Waals surface area contributed by atoms with Crippen LogP contribution in [0.3, 0.4) is 0 Å². The summed E-state index contributed by atoms with van der Waals surface area (Å²) in [6.07, 6.45) is 18.5. The number of rotatable bonds is 10. The number of ether oxygens (including phenoxy) is 1. The number of allylic oxidation sites excluding steroid dienone is 3. The number of aliphatic hydroxyl groups excluding tert-OH is 1. The Labute approximate surface area is 185 Å². The maximum atomic E-state index is 10.0. The highest BCUT2D eigenvalue weighted by Gasteiger charge is 2.48. The van der Waals surface area contributed by atoms with Crippen LogP contribution in [-0.4, -0.2) is 49.0 Å². The summed E-state index contributed by atoms with van der Waals surface area (Å²) in [6.45, 7) is 13.9. The lowest BCUT2D eigenvalue weighted by molar-refractivity contribution is 0.0351. The van der Waals surface area contributed by atoms with E-state index >= 15 is 0 Å². The first-order chi connectivity index (χ1) is 14.6. The molecule has 3 fully saturated rings. The molecule has 2 saturated carbocycles. The summed E-state index contributed by atoms with van der Waals surface area (Å²) < 4.78 is 5.49. The van der Waals surface area contributed by atoms with E-state index in [1.165, 1.54) is 57.1 Å². The van der Waals surface area contributed by atoms with Gasteiger partial charge in [0.05, 0.1) is 19.3 Å². The van der Waals surface area contributed by atoms with Gasteiger partial charge in [-0.3, -0.25) is 4.90 Å². The summed E-state index contributed by atoms with van der Waals surface area (Å²) in [5.41, 5.74) is 3.54. The highest BCUT2D eigenvalue weighted by Crippen LogP contribution is 2.58. The Kier molecular flexibility index (Phi) is 9.22. The van der Waals surface area contributed by atoms with Crippen LogP contribution in [0.1, 0.15) is 78.1 Å². The number of fused-ring (bicyclic) bond motifs is 1. The Morgan fingerprint density at radius 1 is 1.33 bits per heavy atom. The molecule has 3 rings (SSSR count). The number of hydrogen-bond donors (Lipinski definition) is 1. The predicted octanol–water partition coefficient (Wildman–Crippen LogP) is 5.91. The van der Waals surface area contributed by atoms with E-state index in [1.807, 2.05) is 0 Å². The van der Waals surface area contributed by atoms with Crippen LogP contribution in [0.25, 0.3) is 0 Å². The average Bonchev–Trinajstić information content (AvgIpc) is 3.09. The van der Waals surface area contributed by atoms with Gasteiger partial charge in [0, 0.05) is 13.1 Å². The zero-order valence-electron chi connectivity index (χ0n) is 19.6. The molecule has 1 N–H and O–H groups in total. The Morgan fingerprint density at radius 3 is 2.87 bits per heavy atom. The molecule has 0 aromatic heterocycles. The zero-order chi connectivity index (χ0) is 21.4. The lowest BCUT2D eigenvalue weighted by Crippen LogP contribution is -2.37. The van der Waals surface area contributed by atoms with Crippen LogP contribution >= 0.6 is 0 Å². The van der Waals surface area contributed by atoms with Crippen LogP contribution in [0.15, 0.2) is 36.0 Å². The Hall–Kier alpha value is -0.900. The van der Waals surface area contributed by atoms with E-state index in [0.717, 1.165) is 57.4 Å². The molecule has 4 atom stereocenters. The topological polar surface area (TPSA) is 32.7 Å². The number of aliphatic hydroxyl groups is 1. The monoisotopic (exact) mass is 415 g/mol. The van der Waals surface area contributed by atoms with Crippen molar-refractivity contribution in [3.8, 4) is 0 Å². The van der Waals surface area contributed by atoms with Crippen molar-refractivity contribution in [1.29, 1.82) is 0 Å². The maximum absolute atomic E-state index is 10.0. The first-order valence-corrected chi connectivity index (χ1v) is 12.6. The highest BCUT2D eigenvalue weighted by molar-refractivity contribution is 5.25. The van der Waals surface area contributed by atoms with Crippen LogP contribution in [0.2, 0.25) is 0 Å². The molecule has 2 aliphatic carbocycles. The molecule has 3 unspecified atom stereocenters. The quantitative estimate of drug-likeness (QED) is 0.451. The van der Waals surface area contributed by atoms with Crippen molar-refractivity contribution in [3.63, 3.8) is 0 Å². The van der Waals surface area contributed by atoms with Gasteiger partial charge in [0.15, 0.2) is 0 Å². The molecule has 3 nitrogen and oxygen atoms in total. The van der Waals surface area contributed by atoms with Crippen LogP contribution in [0.5, 0.6) is 0 Å². The molecule has 1 saturated heterocycles. The van der Waals surface area contributed by atoms with Gasteiger partial charge in [0.25, 0.3) is 0 Å². The number of nitrogens with zero attached hydrogens (tertiary/aromatic N) is 1. The Bertz CT molecular complexity index is 604. The van der Waals surface area contributed by atoms with Crippen LogP contribution in [-0.2, 0) is 4.74 Å². The van der Waals surface area contributed by atoms with Gasteiger partial charge in [-0.25, -0.2) is 0 Å². The summed E-state index contributed by atoms with van der Waals surface area (Å²) >= 11 is 0. The minimum atomic E-state index is -0.417. The minimum Gasteiger partial charge on any atom is -0.389 e. The van der Waals surface area contributed by atoms with Crippen molar-refractivity contribution in [1.82, 2.24) is 4.90 Å². The number of morpholine rings is 1. The number of hydrogen-bond acceptors (Lipinski definition) is 3. The molecule has 0 amide bonds. The second-order valence-corrected chi connectivity index (χ2v) is 10.1. The van der Waals surface area contributed by atoms with Crippen molar-refractivity contribution in [2.45, 2.75) is 84.2 Å². The second kappa shape index (κ2) is 11.6. The third kappa shape index (κ3) is 6.08. The Balaban J connectivity index is 1.60. The normalized spacial score (nSPS) is 32.9. The molecule has 0 aromatic rings. The molecule has 3 heteroatoms. The molecule has 3 aliphatic rings. The lowest BCUT2D eigenvalue weighted by Gasteiger charge is -2.42. The van der Waals surface area contributed by atoms with Crippen molar-refractivity contribution in [3.05, 3.63) is 36.0 Å². The van der Waals surface area contributed by atoms with Gasteiger partial charge >= 0.3 is 0 Å². The van der Waals surface area contributed by atoms with Gasteiger partial charge in [-0.15, -0.1) is 6.58 Å². The van der Waals surface area contributed by atoms with Gasteiger partial charge in [0.1, 0.15) is 0 Å². The summed E-state index contributed by atoms with van der Waals surface area (Å²) in [6, 6.07) is 0. The molecule has 0 radical (unpaired) electrons. The van der Waals surface area contributed by atoms with Gasteiger partial charge in [-0.05, 0) is 81.6 Å². The zero-order valence-corrected chi connectivity index (χ0v) is 19.6. The molecule has 170 valence electrons. The molecule has 0 aromatic carbocycles. The summed E-state index contributed by atoms with van der Waals surface area (Å²) in [4.78, 5) is 2.59. The van der Waals surface area contributed by atoms with E-state index in [1.54, 1.807) is 11.6 Å². The van der Waals surface area contributed by atoms with E-state index in [4.69, 9.17) is 4.74 Å². The Morgan fingerprint density at radius 2 is 2.13 bits per heavy atom. The van der Waals surface area contributed by atoms with Crippen LogP contribution < -0.4 is 0 Å². The molecule has 0 bridgehead atoms. The minimum absolute atomic E-state index is 0.417. The molecule has 1 aliphatic heterocycles. The van der Waals surface area contributed by atoms with E-state index in [9.17, 15) is 5.11 Å².